The SMILES string of the molecule is CCOc1ccc(-c2nnc(SCC(=O)N3CCCCCC3)n2N)cc1. The monoisotopic (exact) mass is 375 g/mol. The highest BCUT2D eigenvalue weighted by molar-refractivity contribution is 7.99. The number of ether oxygens (including phenoxy) is 1. The lowest BCUT2D eigenvalue weighted by molar-refractivity contribution is -0.128. The zero-order chi connectivity index (χ0) is 18.4. The van der Waals surface area contributed by atoms with E-state index in [1.54, 1.807) is 0 Å². The highest BCUT2D eigenvalue weighted by Crippen LogP contribution is 2.24. The van der Waals surface area contributed by atoms with Crippen molar-refractivity contribution in [1.82, 2.24) is 19.8 Å². The molecule has 0 bridgehead atoms. The van der Waals surface area contributed by atoms with Crippen molar-refractivity contribution in [3.63, 3.8) is 0 Å². The molecule has 0 aliphatic carbocycles. The van der Waals surface area contributed by atoms with E-state index in [0.717, 1.165) is 37.2 Å². The van der Waals surface area contributed by atoms with E-state index in [1.807, 2.05) is 36.1 Å². The molecule has 1 fully saturated rings. The molecule has 0 spiro atoms. The maximum absolute atomic E-state index is 12.4. The number of thioether (sulfide) groups is 1. The Hall–Kier alpha value is -2.22. The average Bonchev–Trinajstić information content (AvgIpc) is 2.86. The molecule has 0 radical (unpaired) electrons. The van der Waals surface area contributed by atoms with E-state index >= 15 is 0 Å². The largest absolute Gasteiger partial charge is 0.494 e. The molecule has 7 nitrogen and oxygen atoms in total. The summed E-state index contributed by atoms with van der Waals surface area (Å²) in [5.41, 5.74) is 0.856. The predicted molar refractivity (Wildman–Crippen MR) is 103 cm³/mol. The van der Waals surface area contributed by atoms with Crippen LogP contribution in [0.5, 0.6) is 5.75 Å². The Kier molecular flexibility index (Phi) is 6.38. The number of nitrogens with two attached hydrogens (primary N) is 1. The van der Waals surface area contributed by atoms with Gasteiger partial charge in [-0.1, -0.05) is 24.6 Å². The van der Waals surface area contributed by atoms with Crippen molar-refractivity contribution in [2.24, 2.45) is 0 Å². The third kappa shape index (κ3) is 4.49. The van der Waals surface area contributed by atoms with Crippen LogP contribution in [-0.4, -0.2) is 51.1 Å². The summed E-state index contributed by atoms with van der Waals surface area (Å²) in [5.74, 6) is 7.98. The third-order valence-electron chi connectivity index (χ3n) is 4.37. The number of nitrogen functional groups attached to an aromatic ring is 1. The average molecular weight is 375 g/mol. The quantitative estimate of drug-likeness (QED) is 0.617. The van der Waals surface area contributed by atoms with Crippen LogP contribution in [0, 0.1) is 0 Å². The van der Waals surface area contributed by atoms with Crippen LogP contribution in [0.25, 0.3) is 11.4 Å². The van der Waals surface area contributed by atoms with Gasteiger partial charge in [0, 0.05) is 18.7 Å². The van der Waals surface area contributed by atoms with Gasteiger partial charge < -0.3 is 15.5 Å². The van der Waals surface area contributed by atoms with Crippen molar-refractivity contribution in [2.75, 3.05) is 31.3 Å². The Bertz CT molecular complexity index is 724. The van der Waals surface area contributed by atoms with E-state index in [2.05, 4.69) is 10.2 Å². The molecule has 0 unspecified atom stereocenters. The van der Waals surface area contributed by atoms with Crippen LogP contribution in [-0.2, 0) is 4.79 Å². The number of carbonyl (C=O) groups is 1. The molecule has 2 aromatic rings. The van der Waals surface area contributed by atoms with Crippen LogP contribution < -0.4 is 10.6 Å². The van der Waals surface area contributed by atoms with Crippen LogP contribution in [0.3, 0.4) is 0 Å². The van der Waals surface area contributed by atoms with Crippen LogP contribution in [0.15, 0.2) is 29.4 Å². The zero-order valence-electron chi connectivity index (χ0n) is 15.1. The number of hydrogen-bond acceptors (Lipinski definition) is 6. The second-order valence-electron chi connectivity index (χ2n) is 6.22. The molecule has 1 amide bonds. The normalized spacial score (nSPS) is 14.9. The van der Waals surface area contributed by atoms with Gasteiger partial charge in [0.2, 0.25) is 11.1 Å². The summed E-state index contributed by atoms with van der Waals surface area (Å²) in [4.78, 5) is 14.4. The summed E-state index contributed by atoms with van der Waals surface area (Å²) in [5, 5.41) is 8.84. The topological polar surface area (TPSA) is 86.3 Å². The Labute approximate surface area is 157 Å². The van der Waals surface area contributed by atoms with E-state index < -0.39 is 0 Å². The Morgan fingerprint density at radius 1 is 1.15 bits per heavy atom. The van der Waals surface area contributed by atoms with E-state index in [1.165, 1.54) is 29.3 Å². The molecule has 1 saturated heterocycles. The first kappa shape index (κ1) is 18.6. The maximum Gasteiger partial charge on any atom is 0.233 e. The number of carbonyl (C=O) groups excluding carboxylic acids is 1. The molecular weight excluding hydrogens is 350 g/mol. The molecule has 1 aromatic heterocycles. The second-order valence-corrected chi connectivity index (χ2v) is 7.16. The number of aromatic nitrogens is 3. The Balaban J connectivity index is 1.62. The van der Waals surface area contributed by atoms with Gasteiger partial charge in [0.05, 0.1) is 12.4 Å². The standard InChI is InChI=1S/C18H25N5O2S/c1-2-25-15-9-7-14(8-10-15)17-20-21-18(23(17)19)26-13-16(24)22-11-5-3-4-6-12-22/h7-10H,2-6,11-13,19H2,1H3. The predicted octanol–water partition coefficient (Wildman–Crippen LogP) is 2.55. The van der Waals surface area contributed by atoms with Crippen molar-refractivity contribution < 1.29 is 9.53 Å². The molecule has 2 N–H and O–H groups in total. The molecule has 2 heterocycles. The van der Waals surface area contributed by atoms with E-state index in [9.17, 15) is 4.79 Å². The van der Waals surface area contributed by atoms with Crippen LogP contribution in [0.2, 0.25) is 0 Å². The molecule has 1 aliphatic heterocycles. The molecule has 26 heavy (non-hydrogen) atoms. The van der Waals surface area contributed by atoms with Gasteiger partial charge in [-0.3, -0.25) is 4.79 Å². The maximum atomic E-state index is 12.4. The lowest BCUT2D eigenvalue weighted by Crippen LogP contribution is -2.33. The molecule has 3 rings (SSSR count). The minimum atomic E-state index is 0.141. The fourth-order valence-corrected chi connectivity index (χ4v) is 3.74. The summed E-state index contributed by atoms with van der Waals surface area (Å²) < 4.78 is 6.88. The van der Waals surface area contributed by atoms with Crippen LogP contribution in [0.1, 0.15) is 32.6 Å². The number of likely N-dealkylation sites (tertiary alicyclic amines) is 1. The summed E-state index contributed by atoms with van der Waals surface area (Å²) in [6, 6.07) is 7.55. The minimum absolute atomic E-state index is 0.141. The minimum Gasteiger partial charge on any atom is -0.494 e. The Morgan fingerprint density at radius 3 is 2.50 bits per heavy atom. The molecule has 0 atom stereocenters. The van der Waals surface area contributed by atoms with Gasteiger partial charge in [-0.25, -0.2) is 4.68 Å². The lowest BCUT2D eigenvalue weighted by atomic mass is 10.2. The van der Waals surface area contributed by atoms with Crippen molar-refractivity contribution in [1.29, 1.82) is 0 Å². The van der Waals surface area contributed by atoms with Gasteiger partial charge >= 0.3 is 0 Å². The number of rotatable bonds is 6. The molecule has 140 valence electrons. The molecule has 1 aromatic carbocycles. The van der Waals surface area contributed by atoms with E-state index in [4.69, 9.17) is 10.6 Å². The van der Waals surface area contributed by atoms with Crippen LogP contribution in [0.4, 0.5) is 0 Å². The second kappa shape index (κ2) is 8.93. The fourth-order valence-electron chi connectivity index (χ4n) is 2.98. The third-order valence-corrected chi connectivity index (χ3v) is 5.30. The zero-order valence-corrected chi connectivity index (χ0v) is 15.9. The first-order valence-electron chi connectivity index (χ1n) is 9.03. The first-order chi connectivity index (χ1) is 12.7. The van der Waals surface area contributed by atoms with Gasteiger partial charge in [-0.05, 0) is 44.0 Å². The van der Waals surface area contributed by atoms with Gasteiger partial charge in [-0.2, -0.15) is 0 Å². The Morgan fingerprint density at radius 2 is 1.85 bits per heavy atom. The fraction of sp³-hybridized carbons (Fsp3) is 0.500. The number of nitrogens with zero attached hydrogens (tertiary/aromatic N) is 4. The highest BCUT2D eigenvalue weighted by atomic mass is 32.2. The smallest absolute Gasteiger partial charge is 0.233 e. The summed E-state index contributed by atoms with van der Waals surface area (Å²) in [6.45, 7) is 4.28. The van der Waals surface area contributed by atoms with E-state index in [0.29, 0.717) is 23.3 Å². The van der Waals surface area contributed by atoms with E-state index in [-0.39, 0.29) is 5.91 Å². The molecule has 0 saturated carbocycles. The van der Waals surface area contributed by atoms with Crippen molar-refractivity contribution in [2.45, 2.75) is 37.8 Å². The van der Waals surface area contributed by atoms with Gasteiger partial charge in [0.1, 0.15) is 5.75 Å². The first-order valence-corrected chi connectivity index (χ1v) is 10.0. The summed E-state index contributed by atoms with van der Waals surface area (Å²) in [7, 11) is 0. The lowest BCUT2D eigenvalue weighted by Gasteiger charge is -2.19. The molecule has 1 aliphatic rings. The van der Waals surface area contributed by atoms with Crippen molar-refractivity contribution in [3.8, 4) is 17.1 Å². The molecule has 8 heteroatoms. The highest BCUT2D eigenvalue weighted by Gasteiger charge is 2.18. The van der Waals surface area contributed by atoms with Crippen molar-refractivity contribution >= 4 is 17.7 Å². The van der Waals surface area contributed by atoms with Gasteiger partial charge in [0.15, 0.2) is 5.82 Å². The van der Waals surface area contributed by atoms with Gasteiger partial charge in [-0.15, -0.1) is 10.2 Å². The summed E-state index contributed by atoms with van der Waals surface area (Å²) in [6.07, 6.45) is 4.59. The molecular formula is C18H25N5O2S. The number of hydrogen-bond donors (Lipinski definition) is 1. The number of benzene rings is 1. The summed E-state index contributed by atoms with van der Waals surface area (Å²) >= 11 is 1.33. The van der Waals surface area contributed by atoms with Crippen molar-refractivity contribution in [3.05, 3.63) is 24.3 Å². The van der Waals surface area contributed by atoms with Crippen LogP contribution >= 0.6 is 11.8 Å². The van der Waals surface area contributed by atoms with Gasteiger partial charge in [0.25, 0.3) is 0 Å². The number of amides is 1.